The normalized spacial score (nSPS) is 13.8. The molecule has 0 heterocycles. The van der Waals surface area contributed by atoms with Crippen molar-refractivity contribution in [3.05, 3.63) is 35.9 Å². The lowest BCUT2D eigenvalue weighted by molar-refractivity contribution is 0.0711. The van der Waals surface area contributed by atoms with E-state index in [1.807, 2.05) is 30.3 Å². The number of rotatable bonds is 8. The largest absolute Gasteiger partial charge is 0.445 e. The first kappa shape index (κ1) is 16.0. The van der Waals surface area contributed by atoms with E-state index in [-0.39, 0.29) is 6.10 Å². The fourth-order valence-corrected chi connectivity index (χ4v) is 2.56. The Morgan fingerprint density at radius 2 is 1.84 bits per heavy atom. The number of benzene rings is 1. The monoisotopic (exact) mass is 282 g/mol. The molecule has 0 aliphatic rings. The first-order valence-electron chi connectivity index (χ1n) is 7.10. The Kier molecular flexibility index (Phi) is 7.57. The van der Waals surface area contributed by atoms with Gasteiger partial charge in [-0.2, -0.15) is 0 Å². The van der Waals surface area contributed by atoms with Crippen LogP contribution in [0.2, 0.25) is 0 Å². The number of hydrogen-bond donors (Lipinski definition) is 0. The van der Waals surface area contributed by atoms with Crippen molar-refractivity contribution in [2.45, 2.75) is 52.1 Å². The third-order valence-corrected chi connectivity index (χ3v) is 3.45. The Hall–Kier alpha value is -1.02. The van der Waals surface area contributed by atoms with Crippen molar-refractivity contribution < 1.29 is 9.53 Å². The van der Waals surface area contributed by atoms with Crippen molar-refractivity contribution in [1.29, 1.82) is 0 Å². The van der Waals surface area contributed by atoms with Crippen LogP contribution in [0.15, 0.2) is 30.3 Å². The second-order valence-electron chi connectivity index (χ2n) is 4.88. The lowest BCUT2D eigenvalue weighted by Crippen LogP contribution is -2.17. The van der Waals surface area contributed by atoms with Gasteiger partial charge in [-0.15, -0.1) is 0 Å². The molecule has 1 rings (SSSR count). The first-order valence-corrected chi connectivity index (χ1v) is 7.47. The summed E-state index contributed by atoms with van der Waals surface area (Å²) in [5.74, 6) is 0.343. The molecular formula is C16H23ClO2. The van der Waals surface area contributed by atoms with Crippen LogP contribution in [0.25, 0.3) is 0 Å². The highest BCUT2D eigenvalue weighted by Gasteiger charge is 2.25. The van der Waals surface area contributed by atoms with Gasteiger partial charge in [0.15, 0.2) is 0 Å². The molecule has 0 spiro atoms. The maximum atomic E-state index is 11.2. The quantitative estimate of drug-likeness (QED) is 0.571. The SMILES string of the molecule is CCCCC(CCC)C(OC(=O)Cl)c1ccccc1. The Morgan fingerprint density at radius 1 is 1.16 bits per heavy atom. The lowest BCUT2D eigenvalue weighted by atomic mass is 9.87. The summed E-state index contributed by atoms with van der Waals surface area (Å²) in [5.41, 5.74) is 0.317. The Morgan fingerprint density at radius 3 is 2.37 bits per heavy atom. The molecule has 2 nitrogen and oxygen atoms in total. The van der Waals surface area contributed by atoms with Crippen LogP contribution in [0.3, 0.4) is 0 Å². The molecule has 2 unspecified atom stereocenters. The highest BCUT2D eigenvalue weighted by Crippen LogP contribution is 2.33. The van der Waals surface area contributed by atoms with E-state index in [1.165, 1.54) is 0 Å². The molecule has 0 aliphatic carbocycles. The van der Waals surface area contributed by atoms with Crippen molar-refractivity contribution in [3.8, 4) is 0 Å². The van der Waals surface area contributed by atoms with Gasteiger partial charge in [-0.3, -0.25) is 0 Å². The summed E-state index contributed by atoms with van der Waals surface area (Å²) in [6, 6.07) is 9.89. The van der Waals surface area contributed by atoms with Gasteiger partial charge < -0.3 is 4.74 Å². The van der Waals surface area contributed by atoms with E-state index in [4.69, 9.17) is 16.3 Å². The van der Waals surface area contributed by atoms with E-state index in [0.717, 1.165) is 37.7 Å². The van der Waals surface area contributed by atoms with Gasteiger partial charge in [0, 0.05) is 17.5 Å². The molecule has 0 saturated heterocycles. The highest BCUT2D eigenvalue weighted by atomic mass is 35.5. The summed E-state index contributed by atoms with van der Waals surface area (Å²) in [5, 5.41) is 0. The maximum absolute atomic E-state index is 11.2. The van der Waals surface area contributed by atoms with Crippen LogP contribution in [0.5, 0.6) is 0 Å². The molecule has 0 N–H and O–H groups in total. The van der Waals surface area contributed by atoms with Gasteiger partial charge in [0.05, 0.1) is 0 Å². The average molecular weight is 283 g/mol. The summed E-state index contributed by atoms with van der Waals surface area (Å²) in [7, 11) is 0. The smallest absolute Gasteiger partial charge is 0.404 e. The molecule has 0 fully saturated rings. The van der Waals surface area contributed by atoms with Crippen LogP contribution in [0.1, 0.15) is 57.6 Å². The number of ether oxygens (including phenoxy) is 1. The summed E-state index contributed by atoms with van der Waals surface area (Å²) in [6.07, 6.45) is 5.26. The van der Waals surface area contributed by atoms with Crippen LogP contribution < -0.4 is 0 Å². The minimum atomic E-state index is -0.716. The van der Waals surface area contributed by atoms with E-state index >= 15 is 0 Å². The van der Waals surface area contributed by atoms with E-state index in [1.54, 1.807) is 0 Å². The van der Waals surface area contributed by atoms with Gasteiger partial charge in [0.2, 0.25) is 0 Å². The Balaban J connectivity index is 2.88. The molecule has 0 saturated carbocycles. The molecule has 19 heavy (non-hydrogen) atoms. The first-order chi connectivity index (χ1) is 9.19. The lowest BCUT2D eigenvalue weighted by Gasteiger charge is -2.26. The molecule has 1 aromatic rings. The predicted molar refractivity (Wildman–Crippen MR) is 79.4 cm³/mol. The third-order valence-electron chi connectivity index (χ3n) is 3.36. The molecule has 0 amide bonds. The van der Waals surface area contributed by atoms with Crippen molar-refractivity contribution >= 4 is 17.0 Å². The number of halogens is 1. The molecule has 2 atom stereocenters. The van der Waals surface area contributed by atoms with Gasteiger partial charge >= 0.3 is 5.43 Å². The molecule has 0 bridgehead atoms. The third kappa shape index (κ3) is 5.65. The zero-order chi connectivity index (χ0) is 14.1. The van der Waals surface area contributed by atoms with Crippen molar-refractivity contribution in [2.75, 3.05) is 0 Å². The van der Waals surface area contributed by atoms with E-state index in [0.29, 0.717) is 5.92 Å². The fourth-order valence-electron chi connectivity index (χ4n) is 2.46. The van der Waals surface area contributed by atoms with Gasteiger partial charge in [-0.1, -0.05) is 63.4 Å². The molecule has 3 heteroatoms. The number of carbonyl (C=O) groups excluding carboxylic acids is 1. The van der Waals surface area contributed by atoms with E-state index in [2.05, 4.69) is 13.8 Å². The molecule has 0 aliphatic heterocycles. The molecule has 106 valence electrons. The van der Waals surface area contributed by atoms with Crippen LogP contribution in [-0.4, -0.2) is 5.43 Å². The molecule has 1 aromatic carbocycles. The fraction of sp³-hybridized carbons (Fsp3) is 0.562. The molecule has 0 aromatic heterocycles. The predicted octanol–water partition coefficient (Wildman–Crippen LogP) is 5.71. The van der Waals surface area contributed by atoms with Crippen molar-refractivity contribution in [3.63, 3.8) is 0 Å². The molecule has 0 radical (unpaired) electrons. The number of unbranched alkanes of at least 4 members (excludes halogenated alkanes) is 1. The zero-order valence-corrected chi connectivity index (χ0v) is 12.5. The molecular weight excluding hydrogens is 260 g/mol. The number of carbonyl (C=O) groups is 1. The van der Waals surface area contributed by atoms with E-state index in [9.17, 15) is 4.79 Å². The Labute approximate surface area is 121 Å². The van der Waals surface area contributed by atoms with Gasteiger partial charge in [-0.05, 0) is 18.4 Å². The standard InChI is InChI=1S/C16H23ClO2/c1-3-5-10-13(9-4-2)15(19-16(17)18)14-11-7-6-8-12-14/h6-8,11-13,15H,3-5,9-10H2,1-2H3. The topological polar surface area (TPSA) is 26.3 Å². The summed E-state index contributed by atoms with van der Waals surface area (Å²) >= 11 is 5.44. The minimum Gasteiger partial charge on any atom is -0.445 e. The summed E-state index contributed by atoms with van der Waals surface area (Å²) < 4.78 is 5.37. The van der Waals surface area contributed by atoms with Crippen LogP contribution >= 0.6 is 11.6 Å². The second kappa shape index (κ2) is 8.98. The average Bonchev–Trinajstić information content (AvgIpc) is 2.42. The summed E-state index contributed by atoms with van der Waals surface area (Å²) in [4.78, 5) is 11.2. The Bertz CT molecular complexity index is 364. The van der Waals surface area contributed by atoms with E-state index < -0.39 is 5.43 Å². The van der Waals surface area contributed by atoms with Crippen LogP contribution in [0, 0.1) is 5.92 Å². The van der Waals surface area contributed by atoms with Gasteiger partial charge in [-0.25, -0.2) is 4.79 Å². The van der Waals surface area contributed by atoms with Crippen LogP contribution in [0.4, 0.5) is 4.79 Å². The minimum absolute atomic E-state index is 0.224. The van der Waals surface area contributed by atoms with Crippen molar-refractivity contribution in [2.24, 2.45) is 5.92 Å². The summed E-state index contributed by atoms with van der Waals surface area (Å²) in [6.45, 7) is 4.33. The van der Waals surface area contributed by atoms with Crippen LogP contribution in [-0.2, 0) is 4.74 Å². The highest BCUT2D eigenvalue weighted by molar-refractivity contribution is 6.61. The van der Waals surface area contributed by atoms with Gasteiger partial charge in [0.1, 0.15) is 6.10 Å². The van der Waals surface area contributed by atoms with Gasteiger partial charge in [0.25, 0.3) is 0 Å². The number of hydrogen-bond acceptors (Lipinski definition) is 2. The maximum Gasteiger partial charge on any atom is 0.404 e. The zero-order valence-electron chi connectivity index (χ0n) is 11.8. The second-order valence-corrected chi connectivity index (χ2v) is 5.19. The van der Waals surface area contributed by atoms with Crippen molar-refractivity contribution in [1.82, 2.24) is 0 Å².